The van der Waals surface area contributed by atoms with Crippen molar-refractivity contribution in [2.75, 3.05) is 7.11 Å². The third kappa shape index (κ3) is 1.52. The molecule has 1 atom stereocenters. The molecule has 15 heavy (non-hydrogen) atoms. The zero-order valence-electron chi connectivity index (χ0n) is 9.63. The molecule has 0 bridgehead atoms. The maximum absolute atomic E-state index is 5.46. The molecule has 3 heteroatoms. The van der Waals surface area contributed by atoms with Crippen LogP contribution in [0.15, 0.2) is 24.3 Å². The molecule has 1 aromatic carbocycles. The molecular weight excluding hydrogens is 190 g/mol. The molecule has 3 nitrogen and oxygen atoms in total. The summed E-state index contributed by atoms with van der Waals surface area (Å²) in [5.41, 5.74) is 3.64. The van der Waals surface area contributed by atoms with E-state index in [0.717, 1.165) is 11.3 Å². The van der Waals surface area contributed by atoms with E-state index in [2.05, 4.69) is 26.3 Å². The van der Waals surface area contributed by atoms with Crippen molar-refractivity contribution in [3.8, 4) is 5.75 Å². The molecule has 0 amide bonds. The predicted octanol–water partition coefficient (Wildman–Crippen LogP) is 2.43. The molecule has 1 heterocycles. The van der Waals surface area contributed by atoms with Gasteiger partial charge in [0.2, 0.25) is 0 Å². The summed E-state index contributed by atoms with van der Waals surface area (Å²) in [6.07, 6.45) is 0. The van der Waals surface area contributed by atoms with Crippen LogP contribution in [0, 0.1) is 5.41 Å². The van der Waals surface area contributed by atoms with E-state index in [4.69, 9.17) is 9.57 Å². The Morgan fingerprint density at radius 1 is 1.27 bits per heavy atom. The van der Waals surface area contributed by atoms with E-state index in [1.54, 1.807) is 7.11 Å². The highest BCUT2D eigenvalue weighted by Gasteiger charge is 2.57. The lowest BCUT2D eigenvalue weighted by atomic mass is 9.80. The van der Waals surface area contributed by atoms with Crippen molar-refractivity contribution < 1.29 is 9.57 Å². The summed E-state index contributed by atoms with van der Waals surface area (Å²) in [5.74, 6) is 0.859. The Bertz CT molecular complexity index is 364. The summed E-state index contributed by atoms with van der Waals surface area (Å²) >= 11 is 0. The fourth-order valence-electron chi connectivity index (χ4n) is 1.81. The fraction of sp³-hybridized carbons (Fsp3) is 0.500. The fourth-order valence-corrected chi connectivity index (χ4v) is 1.81. The summed E-state index contributed by atoms with van der Waals surface area (Å²) in [7, 11) is 1.68. The summed E-state index contributed by atoms with van der Waals surface area (Å²) in [4.78, 5) is 5.46. The molecule has 0 aromatic heterocycles. The Labute approximate surface area is 90.3 Å². The van der Waals surface area contributed by atoms with Gasteiger partial charge in [0.15, 0.2) is 5.72 Å². The molecule has 0 spiro atoms. The molecule has 0 radical (unpaired) electrons. The van der Waals surface area contributed by atoms with E-state index in [9.17, 15) is 0 Å². The van der Waals surface area contributed by atoms with Crippen molar-refractivity contribution in [3.63, 3.8) is 0 Å². The zero-order valence-corrected chi connectivity index (χ0v) is 9.63. The van der Waals surface area contributed by atoms with Gasteiger partial charge in [-0.2, -0.15) is 5.48 Å². The molecule has 1 unspecified atom stereocenters. The average molecular weight is 207 g/mol. The lowest BCUT2D eigenvalue weighted by Gasteiger charge is -2.26. The topological polar surface area (TPSA) is 43.7 Å². The molecule has 1 fully saturated rings. The normalized spacial score (nSPS) is 25.1. The van der Waals surface area contributed by atoms with Gasteiger partial charge in [-0.15, -0.1) is 0 Å². The Morgan fingerprint density at radius 3 is 2.33 bits per heavy atom. The van der Waals surface area contributed by atoms with Gasteiger partial charge < -0.3 is 4.74 Å². The number of hydrogen-bond acceptors (Lipinski definition) is 3. The van der Waals surface area contributed by atoms with Crippen LogP contribution in [0.1, 0.15) is 26.3 Å². The van der Waals surface area contributed by atoms with Crippen LogP contribution >= 0.6 is 0 Å². The molecule has 2 rings (SSSR count). The number of para-hydroxylation sites is 1. The van der Waals surface area contributed by atoms with Gasteiger partial charge in [0.05, 0.1) is 7.11 Å². The highest BCUT2D eigenvalue weighted by Crippen LogP contribution is 2.50. The molecule has 1 N–H and O–H groups in total. The van der Waals surface area contributed by atoms with Crippen LogP contribution in [-0.4, -0.2) is 7.11 Å². The van der Waals surface area contributed by atoms with Crippen LogP contribution in [-0.2, 0) is 10.6 Å². The molecule has 1 aromatic rings. The van der Waals surface area contributed by atoms with E-state index < -0.39 is 5.72 Å². The van der Waals surface area contributed by atoms with Gasteiger partial charge in [0.25, 0.3) is 0 Å². The van der Waals surface area contributed by atoms with Gasteiger partial charge in [-0.1, -0.05) is 39.0 Å². The Hall–Kier alpha value is -1.06. The van der Waals surface area contributed by atoms with Crippen molar-refractivity contribution in [2.24, 2.45) is 5.41 Å². The first-order chi connectivity index (χ1) is 7.01. The van der Waals surface area contributed by atoms with Crippen molar-refractivity contribution >= 4 is 0 Å². The van der Waals surface area contributed by atoms with Crippen LogP contribution in [0.4, 0.5) is 0 Å². The van der Waals surface area contributed by atoms with Gasteiger partial charge in [-0.05, 0) is 6.07 Å². The zero-order chi connectivity index (χ0) is 11.1. The van der Waals surface area contributed by atoms with Gasteiger partial charge in [0.1, 0.15) is 5.75 Å². The van der Waals surface area contributed by atoms with Crippen LogP contribution in [0.5, 0.6) is 5.75 Å². The van der Waals surface area contributed by atoms with E-state index >= 15 is 0 Å². The first kappa shape index (κ1) is 10.5. The van der Waals surface area contributed by atoms with Gasteiger partial charge in [-0.25, -0.2) is 0 Å². The molecule has 0 aliphatic carbocycles. The van der Waals surface area contributed by atoms with E-state index in [1.807, 2.05) is 24.3 Å². The summed E-state index contributed by atoms with van der Waals surface area (Å²) < 4.78 is 5.35. The number of ether oxygens (including phenoxy) is 1. The van der Waals surface area contributed by atoms with Crippen LogP contribution in [0.25, 0.3) is 0 Å². The maximum Gasteiger partial charge on any atom is 0.195 e. The number of hydroxylamine groups is 1. The molecule has 0 saturated carbocycles. The van der Waals surface area contributed by atoms with E-state index in [1.165, 1.54) is 0 Å². The lowest BCUT2D eigenvalue weighted by Crippen LogP contribution is -2.30. The highest BCUT2D eigenvalue weighted by molar-refractivity contribution is 5.40. The second kappa shape index (κ2) is 3.22. The summed E-state index contributed by atoms with van der Waals surface area (Å²) in [5, 5.41) is 0. The number of hydrogen-bond donors (Lipinski definition) is 1. The van der Waals surface area contributed by atoms with E-state index in [-0.39, 0.29) is 5.41 Å². The number of rotatable bonds is 2. The lowest BCUT2D eigenvalue weighted by molar-refractivity contribution is 0.151. The summed E-state index contributed by atoms with van der Waals surface area (Å²) in [6.45, 7) is 6.41. The standard InChI is InChI=1S/C12H17NO2/c1-11(2,3)12(13-15-12)9-7-5-6-8-10(9)14-4/h5-8,13H,1-4H3. The maximum atomic E-state index is 5.46. The SMILES string of the molecule is COc1ccccc1C1(C(C)(C)C)NO1. The third-order valence-corrected chi connectivity index (χ3v) is 2.85. The average Bonchev–Trinajstić information content (AvgIpc) is 2.97. The molecule has 1 aliphatic rings. The Morgan fingerprint density at radius 2 is 1.87 bits per heavy atom. The van der Waals surface area contributed by atoms with Crippen molar-refractivity contribution in [3.05, 3.63) is 29.8 Å². The van der Waals surface area contributed by atoms with Gasteiger partial charge in [-0.3, -0.25) is 4.84 Å². The number of nitrogens with one attached hydrogen (secondary N) is 1. The van der Waals surface area contributed by atoms with Crippen LogP contribution in [0.2, 0.25) is 0 Å². The minimum absolute atomic E-state index is 0.0123. The smallest absolute Gasteiger partial charge is 0.195 e. The molecule has 1 aliphatic heterocycles. The first-order valence-electron chi connectivity index (χ1n) is 5.10. The van der Waals surface area contributed by atoms with Crippen LogP contribution < -0.4 is 10.2 Å². The second-order valence-corrected chi connectivity index (χ2v) is 4.84. The Kier molecular flexibility index (Phi) is 2.24. The van der Waals surface area contributed by atoms with E-state index in [0.29, 0.717) is 0 Å². The van der Waals surface area contributed by atoms with Crippen molar-refractivity contribution in [1.29, 1.82) is 0 Å². The minimum atomic E-state index is -0.403. The van der Waals surface area contributed by atoms with Crippen molar-refractivity contribution in [2.45, 2.75) is 26.5 Å². The molecule has 1 saturated heterocycles. The number of methoxy groups -OCH3 is 1. The van der Waals surface area contributed by atoms with Gasteiger partial charge in [0, 0.05) is 11.0 Å². The van der Waals surface area contributed by atoms with Gasteiger partial charge >= 0.3 is 0 Å². The van der Waals surface area contributed by atoms with Crippen molar-refractivity contribution in [1.82, 2.24) is 5.48 Å². The molecule has 82 valence electrons. The molecular formula is C12H17NO2. The monoisotopic (exact) mass is 207 g/mol. The first-order valence-corrected chi connectivity index (χ1v) is 5.10. The Balaban J connectivity index is 2.46. The third-order valence-electron chi connectivity index (χ3n) is 2.85. The minimum Gasteiger partial charge on any atom is -0.496 e. The second-order valence-electron chi connectivity index (χ2n) is 4.84. The largest absolute Gasteiger partial charge is 0.496 e. The summed E-state index contributed by atoms with van der Waals surface area (Å²) in [6, 6.07) is 7.94. The quantitative estimate of drug-likeness (QED) is 0.757. The van der Waals surface area contributed by atoms with Crippen LogP contribution in [0.3, 0.4) is 0 Å². The number of benzene rings is 1. The predicted molar refractivity (Wildman–Crippen MR) is 58.3 cm³/mol. The highest BCUT2D eigenvalue weighted by atomic mass is 16.8.